The largest absolute Gasteiger partial charge is 0.486 e. The minimum atomic E-state index is -0.835. The van der Waals surface area contributed by atoms with Crippen molar-refractivity contribution in [2.24, 2.45) is 35.5 Å². The number of methoxy groups -OCH3 is 2. The number of hydrogen-bond donors (Lipinski definition) is 8. The summed E-state index contributed by atoms with van der Waals surface area (Å²) in [6.07, 6.45) is 18.1. The van der Waals surface area contributed by atoms with Gasteiger partial charge in [-0.2, -0.15) is 0 Å². The first-order valence-electron chi connectivity index (χ1n) is 48.6. The number of carboxylic acid groups (broad SMARTS) is 1. The highest BCUT2D eigenvalue weighted by Crippen LogP contribution is 2.39. The highest BCUT2D eigenvalue weighted by atomic mass is 35.5. The van der Waals surface area contributed by atoms with E-state index in [1.54, 1.807) is 31.0 Å². The van der Waals surface area contributed by atoms with E-state index in [-0.39, 0.29) is 77.6 Å². The van der Waals surface area contributed by atoms with E-state index in [0.29, 0.717) is 133 Å². The molecule has 12 aliphatic heterocycles. The van der Waals surface area contributed by atoms with Crippen LogP contribution in [0.2, 0.25) is 0 Å². The molecule has 3 amide bonds. The Morgan fingerprint density at radius 2 is 0.623 bits per heavy atom. The van der Waals surface area contributed by atoms with Gasteiger partial charge >= 0.3 is 17.9 Å². The van der Waals surface area contributed by atoms with E-state index in [0.717, 1.165) is 201 Å². The van der Waals surface area contributed by atoms with Crippen molar-refractivity contribution in [3.8, 4) is 34.5 Å². The average molecular weight is 1920 g/mol. The number of nitrogens with one attached hydrogen (secondary N) is 4. The molecule has 20 rings (SSSR count). The minimum Gasteiger partial charge on any atom is -0.486 e. The first kappa shape index (κ1) is 102. The number of rotatable bonds is 26. The van der Waals surface area contributed by atoms with E-state index >= 15 is 0 Å². The predicted molar refractivity (Wildman–Crippen MR) is 523 cm³/mol. The van der Waals surface area contributed by atoms with Crippen LogP contribution >= 0.6 is 12.4 Å². The molecular weight excluding hydrogens is 1790 g/mol. The molecule has 35 nitrogen and oxygen atoms in total. The van der Waals surface area contributed by atoms with Gasteiger partial charge in [0.15, 0.2) is 34.5 Å². The number of anilines is 5. The third-order valence-electron chi connectivity index (χ3n) is 27.2. The summed E-state index contributed by atoms with van der Waals surface area (Å²) in [5.74, 6) is 7.09. The monoisotopic (exact) mass is 1920 g/mol. The van der Waals surface area contributed by atoms with Crippen molar-refractivity contribution in [2.45, 2.75) is 113 Å². The Labute approximate surface area is 813 Å². The van der Waals surface area contributed by atoms with Crippen LogP contribution in [0.25, 0.3) is 0 Å². The molecule has 8 aromatic rings. The number of aliphatic hydroxyl groups is 3. The van der Waals surface area contributed by atoms with Gasteiger partial charge in [-0.15, -0.1) is 12.4 Å². The van der Waals surface area contributed by atoms with Crippen molar-refractivity contribution in [1.82, 2.24) is 60.9 Å². The molecule has 742 valence electrons. The lowest BCUT2D eigenvalue weighted by Gasteiger charge is -2.30. The number of benzene rings is 3. The van der Waals surface area contributed by atoms with Crippen molar-refractivity contribution in [1.29, 1.82) is 0 Å². The Morgan fingerprint density at radius 1 is 0.355 bits per heavy atom. The van der Waals surface area contributed by atoms with Crippen molar-refractivity contribution < 1.29 is 87.1 Å². The van der Waals surface area contributed by atoms with Crippen LogP contribution in [0.15, 0.2) is 177 Å². The number of aromatic nitrogens is 5. The standard InChI is InChI=1S/3C25H32N4O4.C11H14N2O2.C10H12N2O2.C6H11NO2.ClH/c3*30-24(18-6-7-21-22(15-18)33-14-13-32-21)20(17-28-10-3-4-11-28)27-25(31)19-8-12-29(16-19)23-5-1-2-9-26-23;1-15-11(14)9-5-7-13(8-9)10-4-2-3-6-12-10;13-10(14)8-4-6-12(7-8)9-3-1-2-5-11-9;1-9-6(8)5-2-3-7-4-5;/h3*1-2,5-7,9,15,19-20,24,30H,3-4,8,10-14,16-17H2,(H,27,31);2-4,6,9H,5,7-8H2,1H3;1-3,5,8H,4,6-7H2,(H,13,14);5,7H,2-4H2,1H3;1H/t19?,20-,24-;19-,20+,24+;19-,20-,24-;;;;/m101..../s1. The topological polar surface area (TPSA) is 396 Å². The SMILES string of the molecule is COC(=O)C1CCN(c2ccccn2)C1.COC(=O)C1CCNC1.Cl.O=C(N[C@H](CN1CCCC1)[C@H](O)c1ccc2c(c1)OCCO2)C1CCN(c2ccccn2)C1.O=C(N[C@H](CN1CCCC1)[C@H](O)c1ccc2c(c1)OCCO2)[C@@H]1CCN(c2ccccn2)C1.O=C(N[C@H](CN1CCCC1)[C@H](O)c1ccc2c(c1)OCCO2)[C@H]1CCN(c2ccccn2)C1.O=C(O)C1CCN(c2ccccn2)C1. The fourth-order valence-corrected chi connectivity index (χ4v) is 19.5. The number of fused-ring (bicyclic) bond motifs is 3. The number of likely N-dealkylation sites (tertiary alicyclic amines) is 3. The van der Waals surface area contributed by atoms with E-state index in [2.05, 4.69) is 85.2 Å². The summed E-state index contributed by atoms with van der Waals surface area (Å²) in [6, 6.07) is 44.4. The molecule has 9 fully saturated rings. The molecule has 36 heteroatoms. The second-order valence-electron chi connectivity index (χ2n) is 36.6. The lowest BCUT2D eigenvalue weighted by atomic mass is 9.99. The Hall–Kier alpha value is -12.0. The highest BCUT2D eigenvalue weighted by Gasteiger charge is 2.40. The van der Waals surface area contributed by atoms with Gasteiger partial charge in [-0.1, -0.05) is 48.5 Å². The zero-order valence-electron chi connectivity index (χ0n) is 79.0. The Kier molecular flexibility index (Phi) is 38.1. The second kappa shape index (κ2) is 51.6. The molecule has 5 aromatic heterocycles. The Balaban J connectivity index is 0.000000139. The van der Waals surface area contributed by atoms with Gasteiger partial charge in [0.05, 0.1) is 67.9 Å². The van der Waals surface area contributed by atoms with Crippen molar-refractivity contribution in [3.63, 3.8) is 0 Å². The van der Waals surface area contributed by atoms with Crippen LogP contribution in [0, 0.1) is 35.5 Å². The van der Waals surface area contributed by atoms with Crippen LogP contribution in [-0.4, -0.2) is 305 Å². The number of carboxylic acids is 1. The third-order valence-corrected chi connectivity index (χ3v) is 27.2. The smallest absolute Gasteiger partial charge is 0.310 e. The highest BCUT2D eigenvalue weighted by molar-refractivity contribution is 5.85. The number of ether oxygens (including phenoxy) is 8. The normalized spacial score (nSPS) is 22.0. The van der Waals surface area contributed by atoms with Crippen molar-refractivity contribution in [2.75, 3.05) is 216 Å². The van der Waals surface area contributed by atoms with Gasteiger partial charge in [-0.25, -0.2) is 24.9 Å². The van der Waals surface area contributed by atoms with Gasteiger partial charge in [-0.05, 0) is 237 Å². The zero-order valence-corrected chi connectivity index (χ0v) is 79.8. The number of amides is 3. The zero-order chi connectivity index (χ0) is 95.2. The first-order valence-corrected chi connectivity index (χ1v) is 48.6. The van der Waals surface area contributed by atoms with Crippen LogP contribution in [0.3, 0.4) is 0 Å². The van der Waals surface area contributed by atoms with Crippen LogP contribution in [0.5, 0.6) is 34.5 Å². The molecule has 8 N–H and O–H groups in total. The Bertz CT molecular complexity index is 4770. The molecule has 12 aliphatic rings. The quantitative estimate of drug-likeness (QED) is 0.0236. The molecule has 4 unspecified atom stereocenters. The lowest BCUT2D eigenvalue weighted by molar-refractivity contribution is -0.145. The molecule has 0 spiro atoms. The molecule has 17 heterocycles. The summed E-state index contributed by atoms with van der Waals surface area (Å²) >= 11 is 0. The lowest BCUT2D eigenvalue weighted by Crippen LogP contribution is -2.48. The van der Waals surface area contributed by atoms with Gasteiger partial charge in [-0.3, -0.25) is 28.8 Å². The summed E-state index contributed by atoms with van der Waals surface area (Å²) in [7, 11) is 2.87. The fourth-order valence-electron chi connectivity index (χ4n) is 19.5. The maximum atomic E-state index is 13.2. The number of nitrogens with zero attached hydrogens (tertiary/aromatic N) is 13. The summed E-state index contributed by atoms with van der Waals surface area (Å²) in [4.78, 5) is 112. The molecule has 0 aliphatic carbocycles. The number of esters is 2. The molecule has 0 bridgehead atoms. The molecule has 0 radical (unpaired) electrons. The number of carbonyl (C=O) groups is 6. The second-order valence-corrected chi connectivity index (χ2v) is 36.6. The molecule has 138 heavy (non-hydrogen) atoms. The summed E-state index contributed by atoms with van der Waals surface area (Å²) in [6.45, 7) is 19.9. The van der Waals surface area contributed by atoms with Gasteiger partial charge in [0.1, 0.15) is 87.0 Å². The number of pyridine rings is 5. The van der Waals surface area contributed by atoms with Gasteiger partial charge in [0, 0.05) is 123 Å². The van der Waals surface area contributed by atoms with Gasteiger partial charge < -0.3 is 119 Å². The maximum Gasteiger partial charge on any atom is 0.310 e. The number of halogens is 1. The minimum absolute atomic E-state index is 0. The summed E-state index contributed by atoms with van der Waals surface area (Å²) in [5.41, 5.74) is 2.18. The van der Waals surface area contributed by atoms with E-state index in [9.17, 15) is 44.1 Å². The number of aliphatic carboxylic acids is 1. The average Bonchev–Trinajstić information content (AvgIpc) is 1.05. The molecule has 12 atom stereocenters. The number of aliphatic hydroxyl groups excluding tert-OH is 3. The van der Waals surface area contributed by atoms with Crippen molar-refractivity contribution >= 4 is 77.1 Å². The van der Waals surface area contributed by atoms with E-state index < -0.39 is 42.4 Å². The fraction of sp³-hybridized carbons (Fsp3) is 0.520. The Morgan fingerprint density at radius 3 is 0.884 bits per heavy atom. The maximum absolute atomic E-state index is 13.2. The van der Waals surface area contributed by atoms with E-state index in [4.69, 9.17) is 38.3 Å². The molecule has 0 saturated carbocycles. The van der Waals surface area contributed by atoms with Crippen LogP contribution in [0.1, 0.15) is 112 Å². The van der Waals surface area contributed by atoms with Gasteiger partial charge in [0.25, 0.3) is 0 Å². The van der Waals surface area contributed by atoms with E-state index in [1.165, 1.54) is 14.2 Å². The summed E-state index contributed by atoms with van der Waals surface area (Å²) in [5, 5.41) is 55.4. The van der Waals surface area contributed by atoms with Crippen molar-refractivity contribution in [3.05, 3.63) is 193 Å². The van der Waals surface area contributed by atoms with Crippen LogP contribution in [0.4, 0.5) is 29.1 Å². The molecular formula is C102H134ClN17O18. The van der Waals surface area contributed by atoms with Crippen LogP contribution in [-0.2, 0) is 38.2 Å². The van der Waals surface area contributed by atoms with E-state index in [1.807, 2.05) is 150 Å². The van der Waals surface area contributed by atoms with Crippen LogP contribution < -0.4 is 74.2 Å². The predicted octanol–water partition coefficient (Wildman–Crippen LogP) is 8.24. The number of carbonyl (C=O) groups excluding carboxylic acids is 5. The van der Waals surface area contributed by atoms with Gasteiger partial charge in [0.2, 0.25) is 17.7 Å². The third kappa shape index (κ3) is 28.4. The molecule has 3 aromatic carbocycles. The first-order chi connectivity index (χ1) is 66.9. The molecule has 9 saturated heterocycles. The summed E-state index contributed by atoms with van der Waals surface area (Å²) < 4.78 is 43.2. The number of hydrogen-bond acceptors (Lipinski definition) is 31.